The molecule has 3 rings (SSSR count). The van der Waals surface area contributed by atoms with E-state index >= 15 is 0 Å². The minimum Gasteiger partial charge on any atom is -0.495 e. The largest absolute Gasteiger partial charge is 0.495 e. The van der Waals surface area contributed by atoms with E-state index in [-0.39, 0.29) is 0 Å². The number of nitrogens with zero attached hydrogens (tertiary/aromatic N) is 2. The third kappa shape index (κ3) is 4.27. The van der Waals surface area contributed by atoms with Crippen LogP contribution in [0.4, 0.5) is 34.1 Å². The Morgan fingerprint density at radius 2 is 1.44 bits per heavy atom. The quantitative estimate of drug-likeness (QED) is 0.421. The molecule has 0 unspecified atom stereocenters. The Bertz CT molecular complexity index is 955. The van der Waals surface area contributed by atoms with Crippen LogP contribution in [0.3, 0.4) is 0 Å². The van der Waals surface area contributed by atoms with Crippen LogP contribution < -0.4 is 26.3 Å². The molecule has 0 saturated carbocycles. The Morgan fingerprint density at radius 3 is 2.15 bits per heavy atom. The summed E-state index contributed by atoms with van der Waals surface area (Å²) in [6.07, 6.45) is 0. The number of benzene rings is 3. The number of rotatable bonds is 6. The number of hydrogen-bond donors (Lipinski definition) is 3. The summed E-state index contributed by atoms with van der Waals surface area (Å²) in [7, 11) is 3.10. The summed E-state index contributed by atoms with van der Waals surface area (Å²) in [6, 6.07) is 18.4. The smallest absolute Gasteiger partial charge is 0.148 e. The van der Waals surface area contributed by atoms with Gasteiger partial charge in [-0.15, -0.1) is 10.2 Å². The van der Waals surface area contributed by atoms with Crippen LogP contribution in [0.2, 0.25) is 0 Å². The van der Waals surface area contributed by atoms with E-state index in [4.69, 9.17) is 20.9 Å². The fraction of sp³-hybridized carbons (Fsp3) is 0.100. The van der Waals surface area contributed by atoms with Gasteiger partial charge in [0, 0.05) is 23.5 Å². The first-order chi connectivity index (χ1) is 13.1. The Kier molecular flexibility index (Phi) is 5.41. The van der Waals surface area contributed by atoms with Gasteiger partial charge in [0.15, 0.2) is 0 Å². The van der Waals surface area contributed by atoms with Gasteiger partial charge in [-0.25, -0.2) is 0 Å². The number of nitrogens with two attached hydrogens (primary N) is 2. The van der Waals surface area contributed by atoms with E-state index in [1.54, 1.807) is 26.4 Å². The monoisotopic (exact) mass is 363 g/mol. The zero-order valence-corrected chi connectivity index (χ0v) is 15.1. The molecule has 0 spiro atoms. The van der Waals surface area contributed by atoms with Crippen molar-refractivity contribution in [1.82, 2.24) is 0 Å². The van der Waals surface area contributed by atoms with Gasteiger partial charge >= 0.3 is 0 Å². The second kappa shape index (κ2) is 8.09. The van der Waals surface area contributed by atoms with Crippen molar-refractivity contribution in [3.63, 3.8) is 0 Å². The van der Waals surface area contributed by atoms with Gasteiger partial charge in [0.05, 0.1) is 25.6 Å². The highest BCUT2D eigenvalue weighted by Crippen LogP contribution is 2.38. The number of ether oxygens (including phenoxy) is 2. The molecule has 0 aliphatic rings. The molecule has 0 saturated heterocycles. The van der Waals surface area contributed by atoms with Gasteiger partial charge in [0.25, 0.3) is 0 Å². The highest BCUT2D eigenvalue weighted by molar-refractivity contribution is 5.73. The first kappa shape index (κ1) is 18.1. The third-order valence-electron chi connectivity index (χ3n) is 3.89. The standard InChI is InChI=1S/C20H21N5O2/c1-26-19-12-18(20(27-2)11-15(19)22)25-24-17-6-4-3-5-16(17)23-14-9-7-13(21)8-10-14/h3-12,23H,21-22H2,1-2H3. The minimum atomic E-state index is 0.471. The molecule has 0 bridgehead atoms. The predicted octanol–water partition coefficient (Wildman–Crippen LogP) is 5.03. The van der Waals surface area contributed by atoms with Gasteiger partial charge in [0.1, 0.15) is 22.9 Å². The van der Waals surface area contributed by atoms with Crippen LogP contribution in [0.15, 0.2) is 70.9 Å². The van der Waals surface area contributed by atoms with Gasteiger partial charge in [-0.05, 0) is 36.4 Å². The van der Waals surface area contributed by atoms with Gasteiger partial charge < -0.3 is 26.3 Å². The number of azo groups is 1. The SMILES string of the molecule is COc1cc(N=Nc2ccccc2Nc2ccc(N)cc2)c(OC)cc1N. The van der Waals surface area contributed by atoms with E-state index in [1.807, 2.05) is 48.5 Å². The zero-order chi connectivity index (χ0) is 19.2. The summed E-state index contributed by atoms with van der Waals surface area (Å²) in [5.74, 6) is 1.03. The van der Waals surface area contributed by atoms with Crippen LogP contribution in [0, 0.1) is 0 Å². The Balaban J connectivity index is 1.91. The maximum absolute atomic E-state index is 5.91. The highest BCUT2D eigenvalue weighted by atomic mass is 16.5. The van der Waals surface area contributed by atoms with Gasteiger partial charge in [0.2, 0.25) is 0 Å². The van der Waals surface area contributed by atoms with Gasteiger partial charge in [-0.1, -0.05) is 12.1 Å². The van der Waals surface area contributed by atoms with E-state index in [2.05, 4.69) is 15.5 Å². The van der Waals surface area contributed by atoms with Crippen LogP contribution in [0.25, 0.3) is 0 Å². The molecule has 3 aromatic carbocycles. The van der Waals surface area contributed by atoms with Crippen molar-refractivity contribution in [2.24, 2.45) is 10.2 Å². The maximum Gasteiger partial charge on any atom is 0.148 e. The molecule has 3 aromatic rings. The lowest BCUT2D eigenvalue weighted by Crippen LogP contribution is -1.94. The lowest BCUT2D eigenvalue weighted by Gasteiger charge is -2.10. The summed E-state index contributed by atoms with van der Waals surface area (Å²) in [4.78, 5) is 0. The summed E-state index contributed by atoms with van der Waals surface area (Å²) < 4.78 is 10.6. The molecule has 0 heterocycles. The van der Waals surface area contributed by atoms with Crippen molar-refractivity contribution in [2.45, 2.75) is 0 Å². The van der Waals surface area contributed by atoms with Crippen molar-refractivity contribution in [2.75, 3.05) is 31.0 Å². The summed E-state index contributed by atoms with van der Waals surface area (Å²) in [5.41, 5.74) is 15.7. The molecule has 0 atom stereocenters. The van der Waals surface area contributed by atoms with E-state index in [0.717, 1.165) is 11.4 Å². The lowest BCUT2D eigenvalue weighted by molar-refractivity contribution is 0.406. The molecule has 0 fully saturated rings. The van der Waals surface area contributed by atoms with E-state index in [1.165, 1.54) is 0 Å². The van der Waals surface area contributed by atoms with Crippen LogP contribution in [-0.2, 0) is 0 Å². The van der Waals surface area contributed by atoms with Crippen molar-refractivity contribution in [1.29, 1.82) is 0 Å². The molecular formula is C20H21N5O2. The van der Waals surface area contributed by atoms with E-state index < -0.39 is 0 Å². The summed E-state index contributed by atoms with van der Waals surface area (Å²) >= 11 is 0. The van der Waals surface area contributed by atoms with E-state index in [9.17, 15) is 0 Å². The first-order valence-electron chi connectivity index (χ1n) is 8.25. The average Bonchev–Trinajstić information content (AvgIpc) is 2.69. The average molecular weight is 363 g/mol. The van der Waals surface area contributed by atoms with Crippen molar-refractivity contribution in [3.8, 4) is 11.5 Å². The number of nitrogens with one attached hydrogen (secondary N) is 1. The number of para-hydroxylation sites is 1. The second-order valence-corrected chi connectivity index (χ2v) is 5.73. The summed E-state index contributed by atoms with van der Waals surface area (Å²) in [5, 5.41) is 12.0. The number of nitrogen functional groups attached to an aromatic ring is 2. The Hall–Kier alpha value is -3.74. The molecule has 0 amide bonds. The maximum atomic E-state index is 5.91. The topological polar surface area (TPSA) is 107 Å². The first-order valence-corrected chi connectivity index (χ1v) is 8.25. The number of methoxy groups -OCH3 is 2. The lowest BCUT2D eigenvalue weighted by atomic mass is 10.2. The molecule has 27 heavy (non-hydrogen) atoms. The Morgan fingerprint density at radius 1 is 0.778 bits per heavy atom. The molecular weight excluding hydrogens is 342 g/mol. The molecule has 5 N–H and O–H groups in total. The predicted molar refractivity (Wildman–Crippen MR) is 109 cm³/mol. The van der Waals surface area contributed by atoms with Gasteiger partial charge in [-0.3, -0.25) is 0 Å². The van der Waals surface area contributed by atoms with Crippen LogP contribution >= 0.6 is 0 Å². The molecule has 0 radical (unpaired) electrons. The van der Waals surface area contributed by atoms with Crippen molar-refractivity contribution >= 4 is 34.1 Å². The van der Waals surface area contributed by atoms with E-state index in [0.29, 0.717) is 34.2 Å². The Labute approximate surface area is 157 Å². The van der Waals surface area contributed by atoms with Crippen molar-refractivity contribution in [3.05, 3.63) is 60.7 Å². The number of hydrogen-bond acceptors (Lipinski definition) is 7. The minimum absolute atomic E-state index is 0.471. The zero-order valence-electron chi connectivity index (χ0n) is 15.1. The van der Waals surface area contributed by atoms with Crippen LogP contribution in [0.5, 0.6) is 11.5 Å². The molecule has 7 heteroatoms. The fourth-order valence-electron chi connectivity index (χ4n) is 2.48. The summed E-state index contributed by atoms with van der Waals surface area (Å²) in [6.45, 7) is 0. The molecule has 7 nitrogen and oxygen atoms in total. The van der Waals surface area contributed by atoms with Crippen LogP contribution in [0.1, 0.15) is 0 Å². The molecule has 0 aromatic heterocycles. The molecule has 138 valence electrons. The number of anilines is 4. The third-order valence-corrected chi connectivity index (χ3v) is 3.89. The van der Waals surface area contributed by atoms with Crippen molar-refractivity contribution < 1.29 is 9.47 Å². The second-order valence-electron chi connectivity index (χ2n) is 5.73. The fourth-order valence-corrected chi connectivity index (χ4v) is 2.48. The van der Waals surface area contributed by atoms with Gasteiger partial charge in [-0.2, -0.15) is 0 Å². The highest BCUT2D eigenvalue weighted by Gasteiger charge is 2.09. The molecule has 0 aliphatic heterocycles. The molecule has 0 aliphatic carbocycles. The van der Waals surface area contributed by atoms with Crippen LogP contribution in [-0.4, -0.2) is 14.2 Å². The normalized spacial score (nSPS) is 10.7.